The average molecular weight is 351 g/mol. The van der Waals surface area contributed by atoms with Crippen LogP contribution in [-0.4, -0.2) is 36.9 Å². The number of carboxylic acid groups (broad SMARTS) is 1. The molecule has 128 valence electrons. The first-order valence-electron chi connectivity index (χ1n) is 6.92. The smallest absolute Gasteiger partial charge is 0.417 e. The topological polar surface area (TPSA) is 74.7 Å². The monoisotopic (exact) mass is 351 g/mol. The summed E-state index contributed by atoms with van der Waals surface area (Å²) in [5, 5.41) is 9.09. The minimum Gasteiger partial charge on any atom is -0.481 e. The van der Waals surface area contributed by atoms with Crippen LogP contribution in [-0.2, 0) is 21.0 Å². The second-order valence-electron chi connectivity index (χ2n) is 5.69. The van der Waals surface area contributed by atoms with E-state index in [1.54, 1.807) is 6.92 Å². The summed E-state index contributed by atoms with van der Waals surface area (Å²) in [6.45, 7) is 1.35. The maximum Gasteiger partial charge on any atom is 0.417 e. The molecule has 2 atom stereocenters. The number of rotatable bonds is 3. The highest BCUT2D eigenvalue weighted by Gasteiger charge is 2.41. The van der Waals surface area contributed by atoms with E-state index in [-0.39, 0.29) is 19.0 Å². The van der Waals surface area contributed by atoms with Crippen LogP contribution >= 0.6 is 0 Å². The highest BCUT2D eigenvalue weighted by atomic mass is 32.2. The standard InChI is InChI=1S/C14H16F3NO4S/c1-9-6-10(13(19)20)8-18(7-9)23(21,22)12-5-3-2-4-11(12)14(15,16)17/h2-5,9-10H,6-8H2,1H3,(H,19,20). The van der Waals surface area contributed by atoms with E-state index in [2.05, 4.69) is 0 Å². The molecule has 1 fully saturated rings. The lowest BCUT2D eigenvalue weighted by Gasteiger charge is -2.34. The van der Waals surface area contributed by atoms with Crippen LogP contribution in [0.5, 0.6) is 0 Å². The molecular formula is C14H16F3NO4S. The lowest BCUT2D eigenvalue weighted by atomic mass is 9.92. The van der Waals surface area contributed by atoms with Gasteiger partial charge in [-0.15, -0.1) is 0 Å². The van der Waals surface area contributed by atoms with Crippen LogP contribution in [0, 0.1) is 11.8 Å². The third-order valence-corrected chi connectivity index (χ3v) is 5.68. The normalized spacial score (nSPS) is 23.7. The Morgan fingerprint density at radius 2 is 1.87 bits per heavy atom. The van der Waals surface area contributed by atoms with Crippen molar-refractivity contribution < 1.29 is 31.5 Å². The van der Waals surface area contributed by atoms with Crippen molar-refractivity contribution in [2.75, 3.05) is 13.1 Å². The van der Waals surface area contributed by atoms with Gasteiger partial charge in [0.25, 0.3) is 0 Å². The Balaban J connectivity index is 2.45. The fourth-order valence-electron chi connectivity index (χ4n) is 2.74. The minimum absolute atomic E-state index is 0.00168. The maximum absolute atomic E-state index is 13.1. The molecule has 1 aliphatic heterocycles. The fraction of sp³-hybridized carbons (Fsp3) is 0.500. The maximum atomic E-state index is 13.1. The number of carboxylic acids is 1. The number of sulfonamides is 1. The van der Waals surface area contributed by atoms with E-state index in [0.29, 0.717) is 12.5 Å². The minimum atomic E-state index is -4.81. The van der Waals surface area contributed by atoms with Crippen molar-refractivity contribution in [2.45, 2.75) is 24.4 Å². The first kappa shape index (κ1) is 17.7. The summed E-state index contributed by atoms with van der Waals surface area (Å²) in [6.07, 6.45) is -4.51. The molecule has 0 aromatic heterocycles. The van der Waals surface area contributed by atoms with Crippen LogP contribution in [0.4, 0.5) is 13.2 Å². The van der Waals surface area contributed by atoms with Crippen molar-refractivity contribution in [1.29, 1.82) is 0 Å². The van der Waals surface area contributed by atoms with Gasteiger partial charge >= 0.3 is 12.1 Å². The van der Waals surface area contributed by atoms with Gasteiger partial charge in [-0.25, -0.2) is 8.42 Å². The lowest BCUT2D eigenvalue weighted by Crippen LogP contribution is -2.45. The number of aliphatic carboxylic acids is 1. The second kappa shape index (κ2) is 6.12. The number of halogens is 3. The van der Waals surface area contributed by atoms with Gasteiger partial charge in [-0.05, 0) is 24.5 Å². The molecule has 1 saturated heterocycles. The molecule has 0 aliphatic carbocycles. The molecule has 2 rings (SSSR count). The van der Waals surface area contributed by atoms with E-state index < -0.39 is 38.5 Å². The number of hydrogen-bond donors (Lipinski definition) is 1. The zero-order chi connectivity index (χ0) is 17.4. The Morgan fingerprint density at radius 3 is 2.43 bits per heavy atom. The molecule has 1 N–H and O–H groups in total. The summed E-state index contributed by atoms with van der Waals surface area (Å²) in [6, 6.07) is 3.92. The molecule has 1 heterocycles. The number of alkyl halides is 3. The molecule has 5 nitrogen and oxygen atoms in total. The van der Waals surface area contributed by atoms with Gasteiger partial charge in [0.1, 0.15) is 0 Å². The predicted molar refractivity (Wildman–Crippen MR) is 75.1 cm³/mol. The summed E-state index contributed by atoms with van der Waals surface area (Å²) < 4.78 is 65.2. The lowest BCUT2D eigenvalue weighted by molar-refractivity contribution is -0.143. The summed E-state index contributed by atoms with van der Waals surface area (Å²) in [7, 11) is -4.43. The molecule has 9 heteroatoms. The van der Waals surface area contributed by atoms with Crippen LogP contribution in [0.2, 0.25) is 0 Å². The van der Waals surface area contributed by atoms with Crippen molar-refractivity contribution >= 4 is 16.0 Å². The van der Waals surface area contributed by atoms with E-state index in [0.717, 1.165) is 16.4 Å². The molecular weight excluding hydrogens is 335 g/mol. The highest BCUT2D eigenvalue weighted by Crippen LogP contribution is 2.36. The van der Waals surface area contributed by atoms with Gasteiger partial charge in [-0.1, -0.05) is 19.1 Å². The number of hydrogen-bond acceptors (Lipinski definition) is 3. The third kappa shape index (κ3) is 3.66. The number of piperidine rings is 1. The SMILES string of the molecule is CC1CC(C(=O)O)CN(S(=O)(=O)c2ccccc2C(F)(F)F)C1. The van der Waals surface area contributed by atoms with Gasteiger partial charge in [0.2, 0.25) is 10.0 Å². The van der Waals surface area contributed by atoms with Crippen LogP contribution in [0.25, 0.3) is 0 Å². The van der Waals surface area contributed by atoms with Crippen LogP contribution in [0.3, 0.4) is 0 Å². The van der Waals surface area contributed by atoms with Gasteiger partial charge in [0.15, 0.2) is 0 Å². The highest BCUT2D eigenvalue weighted by molar-refractivity contribution is 7.89. The van der Waals surface area contributed by atoms with Crippen LogP contribution in [0.1, 0.15) is 18.9 Å². The zero-order valence-corrected chi connectivity index (χ0v) is 13.1. The van der Waals surface area contributed by atoms with E-state index in [1.165, 1.54) is 6.07 Å². The summed E-state index contributed by atoms with van der Waals surface area (Å²) in [5.41, 5.74) is -1.25. The van der Waals surface area contributed by atoms with Gasteiger partial charge in [0, 0.05) is 13.1 Å². The van der Waals surface area contributed by atoms with E-state index in [9.17, 15) is 26.4 Å². The molecule has 1 aromatic carbocycles. The Hall–Kier alpha value is -1.61. The Kier molecular flexibility index (Phi) is 4.72. The van der Waals surface area contributed by atoms with E-state index in [4.69, 9.17) is 5.11 Å². The summed E-state index contributed by atoms with van der Waals surface area (Å²) >= 11 is 0. The van der Waals surface area contributed by atoms with Crippen LogP contribution < -0.4 is 0 Å². The first-order valence-corrected chi connectivity index (χ1v) is 8.36. The fourth-order valence-corrected chi connectivity index (χ4v) is 4.56. The summed E-state index contributed by atoms with van der Waals surface area (Å²) in [4.78, 5) is 10.3. The molecule has 0 saturated carbocycles. The van der Waals surface area contributed by atoms with Crippen molar-refractivity contribution in [3.63, 3.8) is 0 Å². The van der Waals surface area contributed by atoms with Gasteiger partial charge in [-0.2, -0.15) is 17.5 Å². The first-order chi connectivity index (χ1) is 10.5. The van der Waals surface area contributed by atoms with Crippen LogP contribution in [0.15, 0.2) is 29.2 Å². The quantitative estimate of drug-likeness (QED) is 0.908. The third-order valence-electron chi connectivity index (χ3n) is 3.79. The molecule has 1 aliphatic rings. The number of benzene rings is 1. The van der Waals surface area contributed by atoms with Crippen molar-refractivity contribution in [1.82, 2.24) is 4.31 Å². The average Bonchev–Trinajstić information content (AvgIpc) is 2.45. The zero-order valence-electron chi connectivity index (χ0n) is 12.2. The summed E-state index contributed by atoms with van der Waals surface area (Å²) in [5.74, 6) is -2.33. The molecule has 23 heavy (non-hydrogen) atoms. The Bertz CT molecular complexity index is 702. The second-order valence-corrected chi connectivity index (χ2v) is 7.60. The Labute approximate surface area is 131 Å². The van der Waals surface area contributed by atoms with Crippen molar-refractivity contribution in [2.24, 2.45) is 11.8 Å². The van der Waals surface area contributed by atoms with Gasteiger partial charge in [0.05, 0.1) is 16.4 Å². The van der Waals surface area contributed by atoms with E-state index >= 15 is 0 Å². The Morgan fingerprint density at radius 1 is 1.26 bits per heavy atom. The van der Waals surface area contributed by atoms with Crippen molar-refractivity contribution in [3.05, 3.63) is 29.8 Å². The predicted octanol–water partition coefficient (Wildman–Crippen LogP) is 2.44. The van der Waals surface area contributed by atoms with Crippen molar-refractivity contribution in [3.8, 4) is 0 Å². The van der Waals surface area contributed by atoms with Gasteiger partial charge in [-0.3, -0.25) is 4.79 Å². The van der Waals surface area contributed by atoms with E-state index in [1.807, 2.05) is 0 Å². The molecule has 1 aromatic rings. The molecule has 0 amide bonds. The molecule has 0 radical (unpaired) electrons. The van der Waals surface area contributed by atoms with Gasteiger partial charge < -0.3 is 5.11 Å². The number of nitrogens with zero attached hydrogens (tertiary/aromatic N) is 1. The molecule has 2 unspecified atom stereocenters. The molecule has 0 spiro atoms. The largest absolute Gasteiger partial charge is 0.481 e. The number of carbonyl (C=O) groups is 1. The molecule has 0 bridgehead atoms.